The van der Waals surface area contributed by atoms with Gasteiger partial charge in [-0.05, 0) is 56.8 Å². The van der Waals surface area contributed by atoms with E-state index in [4.69, 9.17) is 10.5 Å². The maximum absolute atomic E-state index is 11.5. The number of hydrogen-bond acceptors (Lipinski definition) is 4. The Morgan fingerprint density at radius 2 is 2.11 bits per heavy atom. The molecule has 110 valence electrons. The third kappa shape index (κ3) is 2.98. The minimum absolute atomic E-state index is 0.141. The molecule has 4 nitrogen and oxygen atoms in total. The lowest BCUT2D eigenvalue weighted by Crippen LogP contribution is -2.49. The van der Waals surface area contributed by atoms with E-state index in [-0.39, 0.29) is 11.6 Å². The second-order valence-electron chi connectivity index (χ2n) is 6.81. The number of sulfone groups is 1. The molecule has 2 N–H and O–H groups in total. The van der Waals surface area contributed by atoms with E-state index in [0.717, 1.165) is 32.3 Å². The molecule has 1 saturated carbocycles. The Morgan fingerprint density at radius 1 is 1.32 bits per heavy atom. The van der Waals surface area contributed by atoms with Crippen molar-refractivity contribution in [1.82, 2.24) is 0 Å². The van der Waals surface area contributed by atoms with Crippen LogP contribution in [-0.2, 0) is 14.6 Å². The summed E-state index contributed by atoms with van der Waals surface area (Å²) in [5.41, 5.74) is 6.51. The molecule has 5 heteroatoms. The molecule has 2 saturated heterocycles. The zero-order chi connectivity index (χ0) is 13.5. The summed E-state index contributed by atoms with van der Waals surface area (Å²) in [6.45, 7) is 0.835. The SMILES string of the molecule is NC(CC1CCS(=O)(=O)C1)C1CCOC2(CCC2)C1. The molecule has 1 aliphatic carbocycles. The van der Waals surface area contributed by atoms with Crippen LogP contribution >= 0.6 is 0 Å². The van der Waals surface area contributed by atoms with Crippen molar-refractivity contribution in [3.8, 4) is 0 Å². The molecule has 0 aromatic rings. The maximum atomic E-state index is 11.5. The van der Waals surface area contributed by atoms with Gasteiger partial charge in [0.15, 0.2) is 9.84 Å². The zero-order valence-corrected chi connectivity index (χ0v) is 12.3. The predicted octanol–water partition coefficient (Wildman–Crippen LogP) is 1.49. The summed E-state index contributed by atoms with van der Waals surface area (Å²) in [4.78, 5) is 0. The van der Waals surface area contributed by atoms with Crippen LogP contribution in [-0.4, -0.2) is 38.2 Å². The quantitative estimate of drug-likeness (QED) is 0.854. The minimum Gasteiger partial charge on any atom is -0.375 e. The Hall–Kier alpha value is -0.130. The van der Waals surface area contributed by atoms with E-state index in [1.54, 1.807) is 0 Å². The number of ether oxygens (including phenoxy) is 1. The van der Waals surface area contributed by atoms with Gasteiger partial charge in [0.05, 0.1) is 17.1 Å². The fourth-order valence-electron chi connectivity index (χ4n) is 3.99. The molecule has 0 aromatic carbocycles. The molecule has 2 heterocycles. The maximum Gasteiger partial charge on any atom is 0.150 e. The van der Waals surface area contributed by atoms with E-state index in [1.807, 2.05) is 0 Å². The Kier molecular flexibility index (Phi) is 3.65. The highest BCUT2D eigenvalue weighted by molar-refractivity contribution is 7.91. The molecule has 0 radical (unpaired) electrons. The summed E-state index contributed by atoms with van der Waals surface area (Å²) < 4.78 is 28.9. The van der Waals surface area contributed by atoms with Crippen LogP contribution in [0.2, 0.25) is 0 Å². The highest BCUT2D eigenvalue weighted by Gasteiger charge is 2.44. The van der Waals surface area contributed by atoms with Crippen molar-refractivity contribution in [2.24, 2.45) is 17.6 Å². The Balaban J connectivity index is 1.54. The molecule has 0 bridgehead atoms. The molecule has 0 amide bonds. The third-order valence-electron chi connectivity index (χ3n) is 5.33. The Morgan fingerprint density at radius 3 is 2.68 bits per heavy atom. The molecule has 2 aliphatic heterocycles. The molecular formula is C14H25NO3S. The first-order chi connectivity index (χ1) is 8.98. The van der Waals surface area contributed by atoms with Gasteiger partial charge >= 0.3 is 0 Å². The fraction of sp³-hybridized carbons (Fsp3) is 1.00. The van der Waals surface area contributed by atoms with Gasteiger partial charge in [-0.1, -0.05) is 0 Å². The van der Waals surface area contributed by atoms with Gasteiger partial charge in [0.1, 0.15) is 0 Å². The summed E-state index contributed by atoms with van der Waals surface area (Å²) >= 11 is 0. The van der Waals surface area contributed by atoms with Gasteiger partial charge < -0.3 is 10.5 Å². The predicted molar refractivity (Wildman–Crippen MR) is 74.6 cm³/mol. The summed E-state index contributed by atoms with van der Waals surface area (Å²) in [6.07, 6.45) is 7.48. The molecule has 3 unspecified atom stereocenters. The molecular weight excluding hydrogens is 262 g/mol. The normalized spacial score (nSPS) is 37.9. The van der Waals surface area contributed by atoms with Crippen molar-refractivity contribution < 1.29 is 13.2 Å². The van der Waals surface area contributed by atoms with Crippen LogP contribution in [0, 0.1) is 11.8 Å². The van der Waals surface area contributed by atoms with Crippen LogP contribution in [0.25, 0.3) is 0 Å². The largest absolute Gasteiger partial charge is 0.375 e. The van der Waals surface area contributed by atoms with Gasteiger partial charge in [0.25, 0.3) is 0 Å². The zero-order valence-electron chi connectivity index (χ0n) is 11.5. The average Bonchev–Trinajstić information content (AvgIpc) is 2.67. The van der Waals surface area contributed by atoms with Crippen LogP contribution in [0.1, 0.15) is 44.9 Å². The third-order valence-corrected chi connectivity index (χ3v) is 7.17. The van der Waals surface area contributed by atoms with Gasteiger partial charge in [-0.25, -0.2) is 8.42 Å². The van der Waals surface area contributed by atoms with E-state index in [9.17, 15) is 8.42 Å². The molecule has 3 aliphatic rings. The lowest BCUT2D eigenvalue weighted by molar-refractivity contribution is -0.146. The van der Waals surface area contributed by atoms with Gasteiger partial charge in [0, 0.05) is 12.6 Å². The van der Waals surface area contributed by atoms with Crippen molar-refractivity contribution in [3.05, 3.63) is 0 Å². The second kappa shape index (κ2) is 5.01. The first-order valence-corrected chi connectivity index (χ1v) is 9.40. The van der Waals surface area contributed by atoms with Gasteiger partial charge in [0.2, 0.25) is 0 Å². The van der Waals surface area contributed by atoms with E-state index in [2.05, 4.69) is 0 Å². The Labute approximate surface area is 116 Å². The molecule has 3 rings (SSSR count). The van der Waals surface area contributed by atoms with Gasteiger partial charge in [-0.2, -0.15) is 0 Å². The molecule has 1 spiro atoms. The Bertz CT molecular complexity index is 430. The van der Waals surface area contributed by atoms with E-state index in [0.29, 0.717) is 23.3 Å². The van der Waals surface area contributed by atoms with E-state index in [1.165, 1.54) is 19.3 Å². The van der Waals surface area contributed by atoms with E-state index < -0.39 is 9.84 Å². The van der Waals surface area contributed by atoms with Crippen LogP contribution in [0.5, 0.6) is 0 Å². The lowest BCUT2D eigenvalue weighted by Gasteiger charge is -2.48. The van der Waals surface area contributed by atoms with Crippen molar-refractivity contribution in [3.63, 3.8) is 0 Å². The van der Waals surface area contributed by atoms with Crippen LogP contribution in [0.4, 0.5) is 0 Å². The van der Waals surface area contributed by atoms with Crippen LogP contribution in [0.15, 0.2) is 0 Å². The van der Waals surface area contributed by atoms with Crippen LogP contribution in [0.3, 0.4) is 0 Å². The van der Waals surface area contributed by atoms with Crippen molar-refractivity contribution in [2.45, 2.75) is 56.6 Å². The minimum atomic E-state index is -2.77. The summed E-state index contributed by atoms with van der Waals surface area (Å²) in [5, 5.41) is 0. The number of hydrogen-bond donors (Lipinski definition) is 1. The average molecular weight is 287 g/mol. The molecule has 0 aromatic heterocycles. The number of nitrogens with two attached hydrogens (primary N) is 1. The topological polar surface area (TPSA) is 69.4 Å². The molecule has 19 heavy (non-hydrogen) atoms. The second-order valence-corrected chi connectivity index (χ2v) is 9.04. The first kappa shape index (κ1) is 13.8. The van der Waals surface area contributed by atoms with Crippen molar-refractivity contribution in [1.29, 1.82) is 0 Å². The highest BCUT2D eigenvalue weighted by atomic mass is 32.2. The lowest BCUT2D eigenvalue weighted by atomic mass is 9.70. The molecule has 3 atom stereocenters. The standard InChI is InChI=1S/C14H25NO3S/c15-13(8-11-3-7-19(16,17)10-11)12-2-6-18-14(9-12)4-1-5-14/h11-13H,1-10,15H2. The summed E-state index contributed by atoms with van der Waals surface area (Å²) in [6, 6.07) is 0.152. The van der Waals surface area contributed by atoms with Crippen molar-refractivity contribution >= 4 is 9.84 Å². The van der Waals surface area contributed by atoms with Gasteiger partial charge in [-0.15, -0.1) is 0 Å². The smallest absolute Gasteiger partial charge is 0.150 e. The van der Waals surface area contributed by atoms with Crippen molar-refractivity contribution in [2.75, 3.05) is 18.1 Å². The monoisotopic (exact) mass is 287 g/mol. The summed E-state index contributed by atoms with van der Waals surface area (Å²) in [5.74, 6) is 1.54. The number of rotatable bonds is 3. The summed E-state index contributed by atoms with van der Waals surface area (Å²) in [7, 11) is -2.77. The highest BCUT2D eigenvalue weighted by Crippen LogP contribution is 2.45. The van der Waals surface area contributed by atoms with E-state index >= 15 is 0 Å². The fourth-order valence-corrected chi connectivity index (χ4v) is 5.87. The first-order valence-electron chi connectivity index (χ1n) is 7.58. The van der Waals surface area contributed by atoms with Gasteiger partial charge in [-0.3, -0.25) is 0 Å². The molecule has 3 fully saturated rings. The van der Waals surface area contributed by atoms with Crippen LogP contribution < -0.4 is 5.73 Å².